The molecule has 9 heteroatoms. The quantitative estimate of drug-likeness (QED) is 0.650. The first-order valence-electron chi connectivity index (χ1n) is 5.04. The summed E-state index contributed by atoms with van der Waals surface area (Å²) in [6, 6.07) is 0.956. The van der Waals surface area contributed by atoms with E-state index in [1.165, 1.54) is 11.3 Å². The first kappa shape index (κ1) is 12.9. The molecule has 0 aliphatic carbocycles. The summed E-state index contributed by atoms with van der Waals surface area (Å²) >= 11 is 1.32. The molecule has 2 aromatic rings. The van der Waals surface area contributed by atoms with E-state index in [9.17, 15) is 14.9 Å². The number of carboxylic acid groups (broad SMARTS) is 1. The Morgan fingerprint density at radius 2 is 2.21 bits per heavy atom. The zero-order valence-electron chi connectivity index (χ0n) is 9.65. The molecule has 2 rings (SSSR count). The maximum absolute atomic E-state index is 11.1. The number of anilines is 2. The van der Waals surface area contributed by atoms with Gasteiger partial charge in [-0.25, -0.2) is 14.8 Å². The largest absolute Gasteiger partial charge is 0.478 e. The Bertz CT molecular complexity index is 655. The van der Waals surface area contributed by atoms with E-state index in [4.69, 9.17) is 5.11 Å². The molecule has 0 aromatic carbocycles. The van der Waals surface area contributed by atoms with Gasteiger partial charge in [0.25, 0.3) is 5.69 Å². The predicted molar refractivity (Wildman–Crippen MR) is 68.0 cm³/mol. The van der Waals surface area contributed by atoms with Crippen LogP contribution in [-0.2, 0) is 0 Å². The first-order valence-corrected chi connectivity index (χ1v) is 5.86. The van der Waals surface area contributed by atoms with E-state index in [0.29, 0.717) is 5.13 Å². The average Bonchev–Trinajstić information content (AvgIpc) is 2.74. The molecular formula is C10H8N4O4S. The molecule has 0 aliphatic heterocycles. The van der Waals surface area contributed by atoms with Gasteiger partial charge in [-0.2, -0.15) is 0 Å². The standard InChI is InChI=1S/C10H8N4O4S/c1-5-3-12-10(19-5)13-8-7(9(15)16)2-6(4-11-8)14(17)18/h2-4H,1H3,(H,15,16)(H,11,12,13). The molecule has 0 saturated heterocycles. The van der Waals surface area contributed by atoms with Gasteiger partial charge in [0.1, 0.15) is 17.6 Å². The number of pyridine rings is 1. The Morgan fingerprint density at radius 3 is 2.74 bits per heavy atom. The lowest BCUT2D eigenvalue weighted by Gasteiger charge is -2.05. The SMILES string of the molecule is Cc1cnc(Nc2ncc([N+](=O)[O-])cc2C(=O)O)s1. The average molecular weight is 280 g/mol. The highest BCUT2D eigenvalue weighted by Gasteiger charge is 2.18. The van der Waals surface area contributed by atoms with Crippen molar-refractivity contribution >= 4 is 33.9 Å². The van der Waals surface area contributed by atoms with Crippen LogP contribution < -0.4 is 5.32 Å². The molecule has 8 nitrogen and oxygen atoms in total. The Morgan fingerprint density at radius 1 is 1.47 bits per heavy atom. The van der Waals surface area contributed by atoms with Crippen LogP contribution in [0, 0.1) is 17.0 Å². The minimum Gasteiger partial charge on any atom is -0.478 e. The number of carboxylic acids is 1. The van der Waals surface area contributed by atoms with Crippen molar-refractivity contribution < 1.29 is 14.8 Å². The van der Waals surface area contributed by atoms with Gasteiger partial charge in [-0.15, -0.1) is 11.3 Å². The third-order valence-corrected chi connectivity index (χ3v) is 2.99. The van der Waals surface area contributed by atoms with Crippen LogP contribution in [0.4, 0.5) is 16.6 Å². The predicted octanol–water partition coefficient (Wildman–Crippen LogP) is 2.20. The monoisotopic (exact) mass is 280 g/mol. The summed E-state index contributed by atoms with van der Waals surface area (Å²) in [6.07, 6.45) is 2.62. The van der Waals surface area contributed by atoms with Crippen LogP contribution in [0.2, 0.25) is 0 Å². The van der Waals surface area contributed by atoms with Gasteiger partial charge in [-0.3, -0.25) is 10.1 Å². The van der Waals surface area contributed by atoms with Gasteiger partial charge in [-0.1, -0.05) is 0 Å². The van der Waals surface area contributed by atoms with E-state index in [1.807, 2.05) is 6.92 Å². The highest BCUT2D eigenvalue weighted by molar-refractivity contribution is 7.15. The number of nitro groups is 1. The number of nitrogens with zero attached hydrogens (tertiary/aromatic N) is 3. The van der Waals surface area contributed by atoms with Crippen molar-refractivity contribution in [3.8, 4) is 0 Å². The molecule has 2 heterocycles. The van der Waals surface area contributed by atoms with Crippen molar-refractivity contribution in [3.63, 3.8) is 0 Å². The van der Waals surface area contributed by atoms with Gasteiger partial charge in [0, 0.05) is 17.1 Å². The van der Waals surface area contributed by atoms with E-state index < -0.39 is 10.9 Å². The third kappa shape index (κ3) is 2.83. The van der Waals surface area contributed by atoms with Crippen molar-refractivity contribution in [1.82, 2.24) is 9.97 Å². The number of rotatable bonds is 4. The number of nitrogens with one attached hydrogen (secondary N) is 1. The van der Waals surface area contributed by atoms with E-state index in [0.717, 1.165) is 17.1 Å². The minimum absolute atomic E-state index is 0.0208. The maximum atomic E-state index is 11.1. The number of carbonyl (C=O) groups is 1. The molecule has 0 saturated carbocycles. The number of aromatic nitrogens is 2. The van der Waals surface area contributed by atoms with Gasteiger partial charge >= 0.3 is 5.97 Å². The second-order valence-electron chi connectivity index (χ2n) is 3.55. The number of aryl methyl sites for hydroxylation is 1. The van der Waals surface area contributed by atoms with Gasteiger partial charge in [0.15, 0.2) is 5.13 Å². The molecule has 0 unspecified atom stereocenters. The Hall–Kier alpha value is -2.55. The van der Waals surface area contributed by atoms with Crippen LogP contribution in [0.1, 0.15) is 15.2 Å². The molecule has 0 amide bonds. The molecule has 0 radical (unpaired) electrons. The molecule has 0 bridgehead atoms. The van der Waals surface area contributed by atoms with Crippen molar-refractivity contribution in [2.75, 3.05) is 5.32 Å². The zero-order chi connectivity index (χ0) is 14.0. The van der Waals surface area contributed by atoms with E-state index in [2.05, 4.69) is 15.3 Å². The van der Waals surface area contributed by atoms with Gasteiger partial charge in [-0.05, 0) is 6.92 Å². The van der Waals surface area contributed by atoms with Crippen molar-refractivity contribution in [2.45, 2.75) is 6.92 Å². The smallest absolute Gasteiger partial charge is 0.339 e. The summed E-state index contributed by atoms with van der Waals surface area (Å²) in [5.41, 5.74) is -0.652. The highest BCUT2D eigenvalue weighted by Crippen LogP contribution is 2.25. The summed E-state index contributed by atoms with van der Waals surface area (Å²) in [4.78, 5) is 29.7. The number of hydrogen-bond acceptors (Lipinski definition) is 7. The van der Waals surface area contributed by atoms with E-state index >= 15 is 0 Å². The van der Waals surface area contributed by atoms with Crippen LogP contribution in [-0.4, -0.2) is 26.0 Å². The summed E-state index contributed by atoms with van der Waals surface area (Å²) in [6.45, 7) is 1.85. The first-order chi connectivity index (χ1) is 8.97. The number of aromatic carboxylic acids is 1. The number of hydrogen-bond donors (Lipinski definition) is 2. The van der Waals surface area contributed by atoms with Crippen molar-refractivity contribution in [3.05, 3.63) is 39.0 Å². The lowest BCUT2D eigenvalue weighted by atomic mass is 10.2. The van der Waals surface area contributed by atoms with Crippen LogP contribution in [0.15, 0.2) is 18.5 Å². The Kier molecular flexibility index (Phi) is 3.38. The lowest BCUT2D eigenvalue weighted by Crippen LogP contribution is -2.06. The van der Waals surface area contributed by atoms with E-state index in [1.54, 1.807) is 6.20 Å². The molecule has 2 N–H and O–H groups in total. The van der Waals surface area contributed by atoms with Crippen LogP contribution in [0.25, 0.3) is 0 Å². The third-order valence-electron chi connectivity index (χ3n) is 2.16. The topological polar surface area (TPSA) is 118 Å². The molecule has 0 aliphatic rings. The molecule has 0 fully saturated rings. The Labute approximate surface area is 110 Å². The molecule has 0 atom stereocenters. The van der Waals surface area contributed by atoms with Gasteiger partial charge < -0.3 is 10.4 Å². The summed E-state index contributed by atoms with van der Waals surface area (Å²) in [5, 5.41) is 22.8. The van der Waals surface area contributed by atoms with E-state index in [-0.39, 0.29) is 17.1 Å². The highest BCUT2D eigenvalue weighted by atomic mass is 32.1. The fourth-order valence-corrected chi connectivity index (χ4v) is 1.99. The fourth-order valence-electron chi connectivity index (χ4n) is 1.33. The summed E-state index contributed by atoms with van der Waals surface area (Å²) in [5.74, 6) is -1.28. The summed E-state index contributed by atoms with van der Waals surface area (Å²) in [7, 11) is 0. The van der Waals surface area contributed by atoms with Crippen molar-refractivity contribution in [1.29, 1.82) is 0 Å². The van der Waals surface area contributed by atoms with Crippen LogP contribution in [0.5, 0.6) is 0 Å². The Balaban J connectivity index is 2.39. The van der Waals surface area contributed by atoms with Crippen LogP contribution in [0.3, 0.4) is 0 Å². The molecule has 19 heavy (non-hydrogen) atoms. The normalized spacial score (nSPS) is 10.2. The summed E-state index contributed by atoms with van der Waals surface area (Å²) < 4.78 is 0. The van der Waals surface area contributed by atoms with Crippen LogP contribution >= 0.6 is 11.3 Å². The molecule has 98 valence electrons. The number of thiazole rings is 1. The lowest BCUT2D eigenvalue weighted by molar-refractivity contribution is -0.385. The second kappa shape index (κ2) is 4.98. The second-order valence-corrected chi connectivity index (χ2v) is 4.79. The maximum Gasteiger partial charge on any atom is 0.339 e. The minimum atomic E-state index is -1.30. The van der Waals surface area contributed by atoms with Gasteiger partial charge in [0.2, 0.25) is 0 Å². The van der Waals surface area contributed by atoms with Gasteiger partial charge in [0.05, 0.1) is 4.92 Å². The molecule has 2 aromatic heterocycles. The fraction of sp³-hybridized carbons (Fsp3) is 0.100. The molecule has 0 spiro atoms. The van der Waals surface area contributed by atoms with Crippen molar-refractivity contribution in [2.24, 2.45) is 0 Å². The zero-order valence-corrected chi connectivity index (χ0v) is 10.5. The molecular weight excluding hydrogens is 272 g/mol.